The fourth-order valence-corrected chi connectivity index (χ4v) is 2.34. The Morgan fingerprint density at radius 3 is 2.60 bits per heavy atom. The molecule has 1 atom stereocenters. The van der Waals surface area contributed by atoms with Crippen molar-refractivity contribution < 1.29 is 0 Å². The highest BCUT2D eigenvalue weighted by Gasteiger charge is 2.09. The van der Waals surface area contributed by atoms with E-state index in [1.54, 1.807) is 0 Å². The molecule has 2 heteroatoms. The van der Waals surface area contributed by atoms with Gasteiger partial charge in [-0.3, -0.25) is 0 Å². The molecule has 0 heterocycles. The Morgan fingerprint density at radius 2 is 1.90 bits per heavy atom. The lowest BCUT2D eigenvalue weighted by molar-refractivity contribution is 0.545. The van der Waals surface area contributed by atoms with Crippen molar-refractivity contribution in [2.45, 2.75) is 25.8 Å². The second-order valence-corrected chi connectivity index (χ2v) is 5.02. The van der Waals surface area contributed by atoms with Crippen LogP contribution in [0.5, 0.6) is 0 Å². The van der Waals surface area contributed by atoms with Gasteiger partial charge in [-0.05, 0) is 31.0 Å². The molecular weight excluding hydrogens is 244 g/mol. The Hall–Kier alpha value is -2.11. The third-order valence-corrected chi connectivity index (χ3v) is 3.38. The summed E-state index contributed by atoms with van der Waals surface area (Å²) in [5.41, 5.74) is 3.80. The first kappa shape index (κ1) is 14.3. The first-order valence-electron chi connectivity index (χ1n) is 7.00. The highest BCUT2D eigenvalue weighted by molar-refractivity contribution is 5.23. The number of hydrogen-bond donors (Lipinski definition) is 1. The lowest BCUT2D eigenvalue weighted by Gasteiger charge is -2.16. The minimum absolute atomic E-state index is 0.117. The van der Waals surface area contributed by atoms with E-state index in [9.17, 15) is 0 Å². The van der Waals surface area contributed by atoms with Gasteiger partial charge in [0.1, 0.15) is 0 Å². The summed E-state index contributed by atoms with van der Waals surface area (Å²) in [5, 5.41) is 12.4. The summed E-state index contributed by atoms with van der Waals surface area (Å²) in [7, 11) is 0. The Balaban J connectivity index is 1.92. The van der Waals surface area contributed by atoms with Gasteiger partial charge in [0.05, 0.1) is 12.5 Å². The van der Waals surface area contributed by atoms with E-state index in [1.165, 1.54) is 16.7 Å². The zero-order valence-corrected chi connectivity index (χ0v) is 11.8. The molecule has 0 aliphatic heterocycles. The molecule has 0 saturated heterocycles. The van der Waals surface area contributed by atoms with Crippen LogP contribution in [0.2, 0.25) is 0 Å². The Labute approximate surface area is 121 Å². The lowest BCUT2D eigenvalue weighted by Crippen LogP contribution is -2.23. The predicted octanol–water partition coefficient (Wildman–Crippen LogP) is 3.78. The van der Waals surface area contributed by atoms with Gasteiger partial charge in [-0.25, -0.2) is 0 Å². The van der Waals surface area contributed by atoms with Crippen molar-refractivity contribution in [3.8, 4) is 6.07 Å². The van der Waals surface area contributed by atoms with Crippen molar-refractivity contribution in [3.05, 3.63) is 71.3 Å². The molecule has 0 aliphatic rings. The van der Waals surface area contributed by atoms with E-state index in [2.05, 4.69) is 54.7 Å². The second kappa shape index (κ2) is 7.47. The molecule has 0 radical (unpaired) electrons. The fourth-order valence-electron chi connectivity index (χ4n) is 2.34. The average Bonchev–Trinajstić information content (AvgIpc) is 2.47. The van der Waals surface area contributed by atoms with Crippen LogP contribution in [0, 0.1) is 18.3 Å². The van der Waals surface area contributed by atoms with E-state index in [4.69, 9.17) is 5.26 Å². The van der Waals surface area contributed by atoms with E-state index < -0.39 is 0 Å². The number of rotatable bonds is 6. The van der Waals surface area contributed by atoms with Crippen LogP contribution < -0.4 is 5.32 Å². The Morgan fingerprint density at radius 1 is 1.10 bits per heavy atom. The van der Waals surface area contributed by atoms with Crippen LogP contribution in [-0.4, -0.2) is 6.54 Å². The highest BCUT2D eigenvalue weighted by atomic mass is 14.9. The van der Waals surface area contributed by atoms with Crippen molar-refractivity contribution in [1.82, 2.24) is 5.32 Å². The van der Waals surface area contributed by atoms with Gasteiger partial charge in [0.25, 0.3) is 0 Å². The molecule has 1 N–H and O–H groups in total. The topological polar surface area (TPSA) is 35.8 Å². The van der Waals surface area contributed by atoms with Gasteiger partial charge in [0.15, 0.2) is 0 Å². The quantitative estimate of drug-likeness (QED) is 0.861. The summed E-state index contributed by atoms with van der Waals surface area (Å²) in [6.45, 7) is 2.99. The number of aryl methyl sites for hydroxylation is 1. The summed E-state index contributed by atoms with van der Waals surface area (Å²) < 4.78 is 0. The average molecular weight is 264 g/mol. The van der Waals surface area contributed by atoms with Crippen LogP contribution in [0.25, 0.3) is 0 Å². The Kier molecular flexibility index (Phi) is 5.34. The molecule has 2 nitrogen and oxygen atoms in total. The van der Waals surface area contributed by atoms with Gasteiger partial charge in [0.2, 0.25) is 0 Å². The predicted molar refractivity (Wildman–Crippen MR) is 82.3 cm³/mol. The van der Waals surface area contributed by atoms with Crippen molar-refractivity contribution >= 4 is 0 Å². The van der Waals surface area contributed by atoms with Crippen LogP contribution in [0.15, 0.2) is 54.6 Å². The lowest BCUT2D eigenvalue weighted by atomic mass is 10.0. The van der Waals surface area contributed by atoms with E-state index >= 15 is 0 Å². The van der Waals surface area contributed by atoms with Crippen LogP contribution in [-0.2, 0) is 6.42 Å². The smallest absolute Gasteiger partial charge is 0.0641 e. The van der Waals surface area contributed by atoms with Crippen LogP contribution in [0.1, 0.15) is 29.2 Å². The van der Waals surface area contributed by atoms with Gasteiger partial charge in [-0.2, -0.15) is 5.26 Å². The highest BCUT2D eigenvalue weighted by Crippen LogP contribution is 2.15. The molecular formula is C18H20N2. The number of nitrogens with zero attached hydrogens (tertiary/aromatic N) is 1. The maximum atomic E-state index is 8.96. The summed E-state index contributed by atoms with van der Waals surface area (Å²) in [6.07, 6.45) is 1.48. The van der Waals surface area contributed by atoms with Gasteiger partial charge >= 0.3 is 0 Å². The molecule has 0 aromatic heterocycles. The molecule has 0 spiro atoms. The summed E-state index contributed by atoms with van der Waals surface area (Å²) in [4.78, 5) is 0. The van der Waals surface area contributed by atoms with Crippen LogP contribution >= 0.6 is 0 Å². The van der Waals surface area contributed by atoms with E-state index in [0.29, 0.717) is 6.42 Å². The van der Waals surface area contributed by atoms with E-state index in [-0.39, 0.29) is 6.04 Å². The zero-order chi connectivity index (χ0) is 14.2. The largest absolute Gasteiger partial charge is 0.309 e. The first-order chi connectivity index (χ1) is 9.79. The maximum absolute atomic E-state index is 8.96. The second-order valence-electron chi connectivity index (χ2n) is 5.02. The Bertz CT molecular complexity index is 569. The zero-order valence-electron chi connectivity index (χ0n) is 11.8. The van der Waals surface area contributed by atoms with E-state index in [0.717, 1.165) is 13.0 Å². The number of benzene rings is 2. The molecule has 0 saturated carbocycles. The SMILES string of the molecule is Cc1cccc(CCNC(CC#N)c2ccccc2)c1. The van der Waals surface area contributed by atoms with Crippen molar-refractivity contribution in [2.24, 2.45) is 0 Å². The van der Waals surface area contributed by atoms with Crippen molar-refractivity contribution in [3.63, 3.8) is 0 Å². The molecule has 0 amide bonds. The fraction of sp³-hybridized carbons (Fsp3) is 0.278. The summed E-state index contributed by atoms with van der Waals surface area (Å²) in [6, 6.07) is 21.1. The molecule has 0 bridgehead atoms. The monoisotopic (exact) mass is 264 g/mol. The molecule has 1 unspecified atom stereocenters. The molecule has 2 rings (SSSR count). The first-order valence-corrected chi connectivity index (χ1v) is 7.00. The molecule has 20 heavy (non-hydrogen) atoms. The van der Waals surface area contributed by atoms with Crippen LogP contribution in [0.3, 0.4) is 0 Å². The molecule has 0 fully saturated rings. The molecule has 0 aliphatic carbocycles. The van der Waals surface area contributed by atoms with Crippen molar-refractivity contribution in [1.29, 1.82) is 5.26 Å². The van der Waals surface area contributed by atoms with E-state index in [1.807, 2.05) is 18.2 Å². The summed E-state index contributed by atoms with van der Waals surface area (Å²) in [5.74, 6) is 0. The number of hydrogen-bond acceptors (Lipinski definition) is 2. The minimum Gasteiger partial charge on any atom is -0.309 e. The van der Waals surface area contributed by atoms with Gasteiger partial charge in [0, 0.05) is 6.04 Å². The third-order valence-electron chi connectivity index (χ3n) is 3.38. The molecule has 102 valence electrons. The molecule has 2 aromatic rings. The van der Waals surface area contributed by atoms with Gasteiger partial charge in [-0.15, -0.1) is 0 Å². The van der Waals surface area contributed by atoms with Crippen molar-refractivity contribution in [2.75, 3.05) is 6.54 Å². The van der Waals surface area contributed by atoms with Crippen LogP contribution in [0.4, 0.5) is 0 Å². The number of nitrogens with one attached hydrogen (secondary N) is 1. The molecule has 2 aromatic carbocycles. The third kappa shape index (κ3) is 4.22. The number of nitriles is 1. The van der Waals surface area contributed by atoms with Gasteiger partial charge < -0.3 is 5.32 Å². The summed E-state index contributed by atoms with van der Waals surface area (Å²) >= 11 is 0. The van der Waals surface area contributed by atoms with Gasteiger partial charge in [-0.1, -0.05) is 60.2 Å². The maximum Gasteiger partial charge on any atom is 0.0641 e. The standard InChI is InChI=1S/C18H20N2/c1-15-6-5-7-16(14-15)11-13-20-18(10-12-19)17-8-3-2-4-9-17/h2-9,14,18,20H,10-11,13H2,1H3. The normalized spacial score (nSPS) is 11.8. The minimum atomic E-state index is 0.117.